The lowest BCUT2D eigenvalue weighted by molar-refractivity contribution is -0.122. The van der Waals surface area contributed by atoms with Gasteiger partial charge in [0.2, 0.25) is 5.91 Å². The molecule has 2 aliphatic rings. The van der Waals surface area contributed by atoms with Gasteiger partial charge in [-0.15, -0.1) is 0 Å². The Labute approximate surface area is 225 Å². The molecule has 1 amide bonds. The fourth-order valence-corrected chi connectivity index (χ4v) is 6.36. The summed E-state index contributed by atoms with van der Waals surface area (Å²) in [6.45, 7) is 2.05. The first-order valence-corrected chi connectivity index (χ1v) is 12.9. The number of ketones is 1. The summed E-state index contributed by atoms with van der Waals surface area (Å²) in [6.07, 6.45) is 0. The molecule has 1 fully saturated rings. The summed E-state index contributed by atoms with van der Waals surface area (Å²) in [6, 6.07) is 30.0. The van der Waals surface area contributed by atoms with Crippen LogP contribution in [-0.4, -0.2) is 11.7 Å². The minimum atomic E-state index is -1.32. The van der Waals surface area contributed by atoms with Crippen molar-refractivity contribution in [2.45, 2.75) is 24.4 Å². The molecule has 2 heterocycles. The van der Waals surface area contributed by atoms with Gasteiger partial charge in [-0.1, -0.05) is 77.8 Å². The number of hydrogen-bond acceptors (Lipinski definition) is 3. The second kappa shape index (κ2) is 9.14. The number of rotatable bonds is 4. The lowest BCUT2D eigenvalue weighted by Crippen LogP contribution is -2.50. The zero-order valence-electron chi connectivity index (χ0n) is 20.0. The number of aryl methyl sites for hydroxylation is 1. The van der Waals surface area contributed by atoms with Gasteiger partial charge in [0, 0.05) is 38.8 Å². The van der Waals surface area contributed by atoms with Gasteiger partial charge in [0.05, 0.1) is 5.92 Å². The normalized spacial score (nSPS) is 24.2. The average Bonchev–Trinajstić information content (AvgIpc) is 3.40. The van der Waals surface area contributed by atoms with Crippen LogP contribution in [0.15, 0.2) is 97.1 Å². The van der Waals surface area contributed by atoms with Crippen LogP contribution in [0.2, 0.25) is 10.0 Å². The zero-order valence-corrected chi connectivity index (χ0v) is 21.6. The summed E-state index contributed by atoms with van der Waals surface area (Å²) in [5.74, 6) is -1.46. The Balaban J connectivity index is 1.65. The van der Waals surface area contributed by atoms with E-state index in [9.17, 15) is 9.59 Å². The summed E-state index contributed by atoms with van der Waals surface area (Å²) < 4.78 is 0. The van der Waals surface area contributed by atoms with Gasteiger partial charge >= 0.3 is 0 Å². The molecule has 1 spiro atoms. The average molecular weight is 527 g/mol. The van der Waals surface area contributed by atoms with Crippen molar-refractivity contribution in [3.05, 3.63) is 135 Å². The number of carbonyl (C=O) groups excluding carboxylic acids is 2. The maximum absolute atomic E-state index is 14.5. The monoisotopic (exact) mass is 526 g/mol. The van der Waals surface area contributed by atoms with Crippen molar-refractivity contribution in [2.24, 2.45) is 5.92 Å². The molecule has 2 aliphatic heterocycles. The summed E-state index contributed by atoms with van der Waals surface area (Å²) in [5, 5.41) is 7.76. The molecule has 4 atom stereocenters. The van der Waals surface area contributed by atoms with Crippen LogP contribution in [0.1, 0.15) is 44.6 Å². The molecule has 4 aromatic rings. The number of benzene rings is 4. The minimum absolute atomic E-state index is 0.126. The number of amides is 1. The van der Waals surface area contributed by atoms with Gasteiger partial charge in [-0.3, -0.25) is 14.9 Å². The molecule has 6 rings (SSSR count). The maximum atomic E-state index is 14.5. The number of hydrogen-bond donors (Lipinski definition) is 2. The molecule has 2 unspecified atom stereocenters. The zero-order chi connectivity index (χ0) is 25.7. The van der Waals surface area contributed by atoms with E-state index in [0.29, 0.717) is 26.9 Å². The topological polar surface area (TPSA) is 58.2 Å². The van der Waals surface area contributed by atoms with Gasteiger partial charge in [0.25, 0.3) is 0 Å². The number of anilines is 1. The van der Waals surface area contributed by atoms with Gasteiger partial charge in [0.1, 0.15) is 5.54 Å². The summed E-state index contributed by atoms with van der Waals surface area (Å²) in [5.41, 5.74) is 3.63. The molecule has 6 heteroatoms. The second-order valence-corrected chi connectivity index (χ2v) is 10.6. The molecular formula is C31H24Cl2N2O2. The Hall–Kier alpha value is -3.44. The van der Waals surface area contributed by atoms with E-state index in [1.54, 1.807) is 42.5 Å². The fraction of sp³-hybridized carbons (Fsp3) is 0.161. The van der Waals surface area contributed by atoms with Crippen LogP contribution in [0.3, 0.4) is 0 Å². The Morgan fingerprint density at radius 3 is 2.24 bits per heavy atom. The summed E-state index contributed by atoms with van der Waals surface area (Å²) >= 11 is 12.6. The van der Waals surface area contributed by atoms with Crippen molar-refractivity contribution in [3.63, 3.8) is 0 Å². The van der Waals surface area contributed by atoms with Crippen LogP contribution < -0.4 is 10.6 Å². The van der Waals surface area contributed by atoms with Crippen LogP contribution >= 0.6 is 23.2 Å². The molecule has 0 radical (unpaired) electrons. The van der Waals surface area contributed by atoms with Crippen LogP contribution in [-0.2, 0) is 10.3 Å². The number of carbonyl (C=O) groups is 2. The van der Waals surface area contributed by atoms with E-state index in [2.05, 4.69) is 16.7 Å². The third-order valence-corrected chi connectivity index (χ3v) is 8.19. The van der Waals surface area contributed by atoms with E-state index in [1.165, 1.54) is 0 Å². The molecule has 0 bridgehead atoms. The van der Waals surface area contributed by atoms with Crippen molar-refractivity contribution in [2.75, 3.05) is 5.32 Å². The van der Waals surface area contributed by atoms with Crippen molar-refractivity contribution in [3.8, 4) is 0 Å². The summed E-state index contributed by atoms with van der Waals surface area (Å²) in [4.78, 5) is 28.6. The van der Waals surface area contributed by atoms with E-state index < -0.39 is 11.5 Å². The highest BCUT2D eigenvalue weighted by molar-refractivity contribution is 6.31. The van der Waals surface area contributed by atoms with Crippen molar-refractivity contribution in [1.29, 1.82) is 0 Å². The SMILES string of the molecule is Cc1ccccc1[C@H]1C(C(=O)c2ccc(Cl)cc2)C2(N[C@@H]1c1ccccc1)C(=O)Nc1ccc(Cl)cc12. The third kappa shape index (κ3) is 3.79. The highest BCUT2D eigenvalue weighted by atomic mass is 35.5. The molecule has 37 heavy (non-hydrogen) atoms. The van der Waals surface area contributed by atoms with E-state index in [0.717, 1.165) is 16.7 Å². The molecule has 4 nitrogen and oxygen atoms in total. The van der Waals surface area contributed by atoms with Gasteiger partial charge in [-0.05, 0) is 66.1 Å². The molecule has 4 aromatic carbocycles. The Kier molecular flexibility index (Phi) is 5.91. The van der Waals surface area contributed by atoms with Crippen molar-refractivity contribution >= 4 is 40.6 Å². The molecule has 1 saturated heterocycles. The van der Waals surface area contributed by atoms with Crippen molar-refractivity contribution < 1.29 is 9.59 Å². The quantitative estimate of drug-likeness (QED) is 0.279. The highest BCUT2D eigenvalue weighted by Gasteiger charge is 2.64. The molecule has 0 saturated carbocycles. The third-order valence-electron chi connectivity index (χ3n) is 7.70. The standard InChI is InChI=1S/C31H24Cl2N2O2/c1-18-7-5-6-10-23(18)26-27(29(36)20-11-13-21(32)14-12-20)31(35-28(26)19-8-3-2-4-9-19)24-17-22(33)15-16-25(24)34-30(31)37/h2-17,26-28,35H,1H3,(H,34,37)/t26-,27?,28+,31?/m0/s1. The van der Waals surface area contributed by atoms with Crippen LogP contribution in [0.25, 0.3) is 0 Å². The van der Waals surface area contributed by atoms with Gasteiger partial charge < -0.3 is 5.32 Å². The maximum Gasteiger partial charge on any atom is 0.250 e. The molecule has 184 valence electrons. The van der Waals surface area contributed by atoms with E-state index >= 15 is 0 Å². The first kappa shape index (κ1) is 23.9. The predicted molar refractivity (Wildman–Crippen MR) is 147 cm³/mol. The van der Waals surface area contributed by atoms with Gasteiger partial charge in [-0.2, -0.15) is 0 Å². The number of Topliss-reactive ketones (excluding diaryl/α,β-unsaturated/α-hetero) is 1. The summed E-state index contributed by atoms with van der Waals surface area (Å²) in [7, 11) is 0. The van der Waals surface area contributed by atoms with E-state index in [1.807, 2.05) is 55.5 Å². The molecular weight excluding hydrogens is 503 g/mol. The lowest BCUT2D eigenvalue weighted by Gasteiger charge is -2.31. The van der Waals surface area contributed by atoms with Crippen LogP contribution in [0.4, 0.5) is 5.69 Å². The minimum Gasteiger partial charge on any atom is -0.324 e. The van der Waals surface area contributed by atoms with E-state index in [-0.39, 0.29) is 23.7 Å². The number of fused-ring (bicyclic) bond motifs is 2. The number of nitrogens with one attached hydrogen (secondary N) is 2. The molecule has 0 aromatic heterocycles. The van der Waals surface area contributed by atoms with Crippen LogP contribution in [0, 0.1) is 12.8 Å². The fourth-order valence-electron chi connectivity index (χ4n) is 6.06. The Bertz CT molecular complexity index is 1520. The lowest BCUT2D eigenvalue weighted by atomic mass is 9.68. The first-order valence-electron chi connectivity index (χ1n) is 12.2. The van der Waals surface area contributed by atoms with Gasteiger partial charge in [0.15, 0.2) is 5.78 Å². The van der Waals surface area contributed by atoms with Gasteiger partial charge in [-0.25, -0.2) is 0 Å². The largest absolute Gasteiger partial charge is 0.324 e. The Morgan fingerprint density at radius 2 is 1.51 bits per heavy atom. The number of halogens is 2. The Morgan fingerprint density at radius 1 is 0.838 bits per heavy atom. The van der Waals surface area contributed by atoms with E-state index in [4.69, 9.17) is 23.2 Å². The first-order chi connectivity index (χ1) is 17.9. The smallest absolute Gasteiger partial charge is 0.250 e. The van der Waals surface area contributed by atoms with Crippen molar-refractivity contribution in [1.82, 2.24) is 5.32 Å². The molecule has 0 aliphatic carbocycles. The predicted octanol–water partition coefficient (Wildman–Crippen LogP) is 7.08. The molecule has 2 N–H and O–H groups in total. The van der Waals surface area contributed by atoms with Crippen LogP contribution in [0.5, 0.6) is 0 Å². The second-order valence-electron chi connectivity index (χ2n) is 9.72. The highest BCUT2D eigenvalue weighted by Crippen LogP contribution is 2.58.